The number of amides is 1. The van der Waals surface area contributed by atoms with Crippen LogP contribution in [0.1, 0.15) is 45.2 Å². The van der Waals surface area contributed by atoms with Crippen molar-refractivity contribution in [3.63, 3.8) is 0 Å². The molecular weight excluding hydrogens is 306 g/mol. The summed E-state index contributed by atoms with van der Waals surface area (Å²) in [5.74, 6) is 0. The van der Waals surface area contributed by atoms with E-state index in [1.165, 1.54) is 0 Å². The van der Waals surface area contributed by atoms with Crippen LogP contribution < -0.4 is 5.32 Å². The Labute approximate surface area is 145 Å². The molecule has 1 unspecified atom stereocenters. The number of ether oxygens (including phenoxy) is 2. The van der Waals surface area contributed by atoms with Gasteiger partial charge in [-0.2, -0.15) is 0 Å². The fourth-order valence-corrected chi connectivity index (χ4v) is 2.44. The maximum Gasteiger partial charge on any atom is 0.407 e. The Balaban J connectivity index is 2.90. The lowest BCUT2D eigenvalue weighted by Gasteiger charge is -2.33. The molecular formula is C19H31NO4. The van der Waals surface area contributed by atoms with Crippen LogP contribution in [0.5, 0.6) is 0 Å². The molecule has 0 heterocycles. The normalized spacial score (nSPS) is 14.1. The van der Waals surface area contributed by atoms with Gasteiger partial charge in [0.05, 0.1) is 6.61 Å². The van der Waals surface area contributed by atoms with Crippen molar-refractivity contribution in [2.75, 3.05) is 26.4 Å². The number of hydrogen-bond acceptors (Lipinski definition) is 4. The molecule has 0 fully saturated rings. The van der Waals surface area contributed by atoms with Crippen molar-refractivity contribution < 1.29 is 19.4 Å². The molecule has 0 radical (unpaired) electrons. The molecule has 0 aliphatic heterocycles. The summed E-state index contributed by atoms with van der Waals surface area (Å²) in [7, 11) is 0. The Morgan fingerprint density at radius 2 is 1.83 bits per heavy atom. The van der Waals surface area contributed by atoms with Gasteiger partial charge in [0.25, 0.3) is 0 Å². The predicted molar refractivity (Wildman–Crippen MR) is 95.3 cm³/mol. The van der Waals surface area contributed by atoms with E-state index in [9.17, 15) is 9.90 Å². The van der Waals surface area contributed by atoms with E-state index < -0.39 is 17.1 Å². The molecule has 1 rings (SSSR count). The second-order valence-corrected chi connectivity index (χ2v) is 7.11. The van der Waals surface area contributed by atoms with Crippen molar-refractivity contribution in [1.82, 2.24) is 5.32 Å². The molecule has 0 saturated carbocycles. The second-order valence-electron chi connectivity index (χ2n) is 7.11. The van der Waals surface area contributed by atoms with E-state index in [2.05, 4.69) is 5.32 Å². The summed E-state index contributed by atoms with van der Waals surface area (Å²) in [6.45, 7) is 10.8. The molecule has 0 saturated heterocycles. The van der Waals surface area contributed by atoms with Gasteiger partial charge in [-0.05, 0) is 46.6 Å². The quantitative estimate of drug-likeness (QED) is 0.715. The van der Waals surface area contributed by atoms with Crippen LogP contribution in [-0.2, 0) is 14.9 Å². The van der Waals surface area contributed by atoms with E-state index in [1.807, 2.05) is 58.9 Å². The van der Waals surface area contributed by atoms with Gasteiger partial charge in [-0.3, -0.25) is 0 Å². The van der Waals surface area contributed by atoms with Crippen LogP contribution in [0.15, 0.2) is 24.3 Å². The van der Waals surface area contributed by atoms with Crippen molar-refractivity contribution in [3.05, 3.63) is 35.4 Å². The Morgan fingerprint density at radius 3 is 2.33 bits per heavy atom. The highest BCUT2D eigenvalue weighted by Crippen LogP contribution is 2.28. The third-order valence-electron chi connectivity index (χ3n) is 3.87. The van der Waals surface area contributed by atoms with E-state index in [1.54, 1.807) is 0 Å². The summed E-state index contributed by atoms with van der Waals surface area (Å²) in [5.41, 5.74) is 0.975. The number of carbonyl (C=O) groups is 1. The molecule has 1 aromatic rings. The standard InChI is InChI=1S/C19H31NO4/c1-6-23-12-11-19(14-21,16-9-7-15(2)8-10-16)13-20-17(22)24-18(3,4)5/h7-10,21H,6,11-14H2,1-5H3,(H,20,22). The monoisotopic (exact) mass is 337 g/mol. The van der Waals surface area contributed by atoms with Crippen molar-refractivity contribution in [3.8, 4) is 0 Å². The lowest BCUT2D eigenvalue weighted by Crippen LogP contribution is -2.45. The van der Waals surface area contributed by atoms with Crippen molar-refractivity contribution in [1.29, 1.82) is 0 Å². The largest absolute Gasteiger partial charge is 0.444 e. The minimum Gasteiger partial charge on any atom is -0.444 e. The molecule has 0 aliphatic rings. The van der Waals surface area contributed by atoms with E-state index in [4.69, 9.17) is 9.47 Å². The van der Waals surface area contributed by atoms with Crippen LogP contribution in [-0.4, -0.2) is 43.2 Å². The molecule has 5 nitrogen and oxygen atoms in total. The molecule has 0 spiro atoms. The zero-order valence-electron chi connectivity index (χ0n) is 15.5. The molecule has 1 amide bonds. The molecule has 1 atom stereocenters. The topological polar surface area (TPSA) is 67.8 Å². The molecule has 2 N–H and O–H groups in total. The average molecular weight is 337 g/mol. The Hall–Kier alpha value is -1.59. The fourth-order valence-electron chi connectivity index (χ4n) is 2.44. The summed E-state index contributed by atoms with van der Waals surface area (Å²) < 4.78 is 10.8. The molecule has 1 aromatic carbocycles. The first kappa shape index (κ1) is 20.5. The predicted octanol–water partition coefficient (Wildman–Crippen LogP) is 3.18. The first-order valence-corrected chi connectivity index (χ1v) is 8.45. The lowest BCUT2D eigenvalue weighted by atomic mass is 9.78. The van der Waals surface area contributed by atoms with Gasteiger partial charge in [0.15, 0.2) is 0 Å². The van der Waals surface area contributed by atoms with Gasteiger partial charge in [-0.15, -0.1) is 0 Å². The average Bonchev–Trinajstić information content (AvgIpc) is 2.50. The van der Waals surface area contributed by atoms with Gasteiger partial charge in [0.1, 0.15) is 5.60 Å². The van der Waals surface area contributed by atoms with Gasteiger partial charge < -0.3 is 19.9 Å². The molecule has 0 aliphatic carbocycles. The zero-order chi connectivity index (χ0) is 18.2. The van der Waals surface area contributed by atoms with E-state index in [0.29, 0.717) is 19.6 Å². The maximum atomic E-state index is 12.0. The highest BCUT2D eigenvalue weighted by Gasteiger charge is 2.32. The number of aliphatic hydroxyl groups excluding tert-OH is 1. The number of rotatable bonds is 8. The molecule has 24 heavy (non-hydrogen) atoms. The molecule has 5 heteroatoms. The lowest BCUT2D eigenvalue weighted by molar-refractivity contribution is 0.0482. The second kappa shape index (κ2) is 9.04. The minimum absolute atomic E-state index is 0.0844. The van der Waals surface area contributed by atoms with Crippen LogP contribution >= 0.6 is 0 Å². The van der Waals surface area contributed by atoms with Gasteiger partial charge in [-0.1, -0.05) is 29.8 Å². The number of benzene rings is 1. The SMILES string of the molecule is CCOCCC(CO)(CNC(=O)OC(C)(C)C)c1ccc(C)cc1. The summed E-state index contributed by atoms with van der Waals surface area (Å²) in [6, 6.07) is 8.00. The van der Waals surface area contributed by atoms with E-state index in [0.717, 1.165) is 11.1 Å². The first-order chi connectivity index (χ1) is 11.2. The van der Waals surface area contributed by atoms with Gasteiger partial charge in [0.2, 0.25) is 0 Å². The van der Waals surface area contributed by atoms with Crippen LogP contribution in [0.4, 0.5) is 4.79 Å². The molecule has 136 valence electrons. The van der Waals surface area contributed by atoms with Gasteiger partial charge in [0, 0.05) is 25.2 Å². The van der Waals surface area contributed by atoms with Gasteiger partial charge in [-0.25, -0.2) is 4.79 Å². The smallest absolute Gasteiger partial charge is 0.407 e. The third-order valence-corrected chi connectivity index (χ3v) is 3.87. The summed E-state index contributed by atoms with van der Waals surface area (Å²) in [5, 5.41) is 12.9. The maximum absolute atomic E-state index is 12.0. The number of aryl methyl sites for hydroxylation is 1. The summed E-state index contributed by atoms with van der Waals surface area (Å²) >= 11 is 0. The van der Waals surface area contributed by atoms with Crippen molar-refractivity contribution >= 4 is 6.09 Å². The Kier molecular flexibility index (Phi) is 7.70. The zero-order valence-corrected chi connectivity index (χ0v) is 15.5. The Morgan fingerprint density at radius 1 is 1.21 bits per heavy atom. The minimum atomic E-state index is -0.597. The van der Waals surface area contributed by atoms with Crippen molar-refractivity contribution in [2.45, 2.75) is 52.1 Å². The molecule has 0 aromatic heterocycles. The van der Waals surface area contributed by atoms with Crippen LogP contribution in [0.25, 0.3) is 0 Å². The summed E-state index contributed by atoms with van der Waals surface area (Å²) in [6.07, 6.45) is 0.125. The number of carbonyl (C=O) groups excluding carboxylic acids is 1. The van der Waals surface area contributed by atoms with Crippen LogP contribution in [0, 0.1) is 6.92 Å². The van der Waals surface area contributed by atoms with Crippen LogP contribution in [0.3, 0.4) is 0 Å². The number of hydrogen-bond donors (Lipinski definition) is 2. The first-order valence-electron chi connectivity index (χ1n) is 8.45. The highest BCUT2D eigenvalue weighted by atomic mass is 16.6. The van der Waals surface area contributed by atoms with Crippen molar-refractivity contribution in [2.24, 2.45) is 0 Å². The number of alkyl carbamates (subject to hydrolysis) is 1. The number of nitrogens with one attached hydrogen (secondary N) is 1. The van der Waals surface area contributed by atoms with E-state index >= 15 is 0 Å². The van der Waals surface area contributed by atoms with Gasteiger partial charge >= 0.3 is 6.09 Å². The molecule has 0 bridgehead atoms. The number of aliphatic hydroxyl groups is 1. The van der Waals surface area contributed by atoms with E-state index in [-0.39, 0.29) is 13.2 Å². The summed E-state index contributed by atoms with van der Waals surface area (Å²) in [4.78, 5) is 12.0. The van der Waals surface area contributed by atoms with Crippen LogP contribution in [0.2, 0.25) is 0 Å². The third kappa shape index (κ3) is 6.49. The highest BCUT2D eigenvalue weighted by molar-refractivity contribution is 5.67. The Bertz CT molecular complexity index is 507. The fraction of sp³-hybridized carbons (Fsp3) is 0.632.